The number of fused-ring (bicyclic) bond motifs is 1. The van der Waals surface area contributed by atoms with Crippen LogP contribution in [0.3, 0.4) is 0 Å². The van der Waals surface area contributed by atoms with Crippen LogP contribution in [0.1, 0.15) is 13.0 Å². The Morgan fingerprint density at radius 1 is 1.41 bits per heavy atom. The minimum absolute atomic E-state index is 0.137. The molecule has 0 aliphatic rings. The molecule has 0 spiro atoms. The molecule has 6 heteroatoms. The smallest absolute Gasteiger partial charge is 0.178 e. The van der Waals surface area contributed by atoms with Gasteiger partial charge in [0, 0.05) is 7.11 Å². The van der Waals surface area contributed by atoms with Crippen LogP contribution in [-0.2, 0) is 4.74 Å². The lowest BCUT2D eigenvalue weighted by Crippen LogP contribution is -2.10. The maximum atomic E-state index is 6.03. The van der Waals surface area contributed by atoms with E-state index in [0.717, 1.165) is 11.0 Å². The quantitative estimate of drug-likeness (QED) is 0.858. The first-order valence-electron chi connectivity index (χ1n) is 5.12. The SMILES string of the molecule is COCC(C)n1c(=S)[nH]c2cc(Cl)c(Cl)cc21. The summed E-state index contributed by atoms with van der Waals surface area (Å²) in [5, 5.41) is 1.04. The number of nitrogens with one attached hydrogen (secondary N) is 1. The Kier molecular flexibility index (Phi) is 3.78. The van der Waals surface area contributed by atoms with Gasteiger partial charge in [-0.05, 0) is 31.3 Å². The standard InChI is InChI=1S/C11H12Cl2N2OS/c1-6(5-16-2)15-10-4-8(13)7(12)3-9(10)14-11(15)17/h3-4,6H,5H2,1-2H3,(H,14,17). The molecule has 0 fully saturated rings. The molecule has 2 aromatic rings. The third kappa shape index (κ3) is 2.36. The lowest BCUT2D eigenvalue weighted by Gasteiger charge is -2.13. The van der Waals surface area contributed by atoms with Gasteiger partial charge in [-0.15, -0.1) is 0 Å². The van der Waals surface area contributed by atoms with Crippen molar-refractivity contribution in [3.63, 3.8) is 0 Å². The van der Waals surface area contributed by atoms with Gasteiger partial charge in [-0.2, -0.15) is 0 Å². The molecule has 0 bridgehead atoms. The number of methoxy groups -OCH3 is 1. The van der Waals surface area contributed by atoms with Crippen molar-refractivity contribution in [2.75, 3.05) is 13.7 Å². The molecule has 1 unspecified atom stereocenters. The number of benzene rings is 1. The van der Waals surface area contributed by atoms with Crippen molar-refractivity contribution in [3.8, 4) is 0 Å². The second kappa shape index (κ2) is 4.98. The number of imidazole rings is 1. The highest BCUT2D eigenvalue weighted by atomic mass is 35.5. The minimum atomic E-state index is 0.137. The monoisotopic (exact) mass is 290 g/mol. The van der Waals surface area contributed by atoms with Gasteiger partial charge in [0.15, 0.2) is 4.77 Å². The number of hydrogen-bond acceptors (Lipinski definition) is 2. The molecule has 0 saturated carbocycles. The molecule has 0 amide bonds. The molecule has 0 radical (unpaired) electrons. The van der Waals surface area contributed by atoms with Gasteiger partial charge in [-0.25, -0.2) is 0 Å². The molecular formula is C11H12Cl2N2OS. The lowest BCUT2D eigenvalue weighted by atomic mass is 10.3. The van der Waals surface area contributed by atoms with Gasteiger partial charge >= 0.3 is 0 Å². The van der Waals surface area contributed by atoms with Crippen LogP contribution in [0, 0.1) is 4.77 Å². The van der Waals surface area contributed by atoms with Crippen LogP contribution < -0.4 is 0 Å². The number of hydrogen-bond donors (Lipinski definition) is 1. The van der Waals surface area contributed by atoms with Crippen LogP contribution >= 0.6 is 35.4 Å². The van der Waals surface area contributed by atoms with Crippen molar-refractivity contribution in [1.82, 2.24) is 9.55 Å². The number of H-pyrrole nitrogens is 1. The van der Waals surface area contributed by atoms with E-state index in [1.54, 1.807) is 13.2 Å². The number of aromatic nitrogens is 2. The Hall–Kier alpha value is -0.550. The Labute approximate surface area is 114 Å². The van der Waals surface area contributed by atoms with Gasteiger partial charge in [-0.3, -0.25) is 0 Å². The molecule has 1 atom stereocenters. The summed E-state index contributed by atoms with van der Waals surface area (Å²) in [7, 11) is 1.67. The van der Waals surface area contributed by atoms with Crippen LogP contribution in [-0.4, -0.2) is 23.3 Å². The first kappa shape index (κ1) is 12.9. The summed E-state index contributed by atoms with van der Waals surface area (Å²) in [5.74, 6) is 0. The maximum absolute atomic E-state index is 6.03. The highest BCUT2D eigenvalue weighted by Crippen LogP contribution is 2.29. The van der Waals surface area contributed by atoms with Crippen molar-refractivity contribution in [2.24, 2.45) is 0 Å². The zero-order valence-electron chi connectivity index (χ0n) is 9.46. The second-order valence-electron chi connectivity index (χ2n) is 3.89. The van der Waals surface area contributed by atoms with Crippen LogP contribution in [0.5, 0.6) is 0 Å². The summed E-state index contributed by atoms with van der Waals surface area (Å²) >= 11 is 17.3. The molecule has 3 nitrogen and oxygen atoms in total. The van der Waals surface area contributed by atoms with Gasteiger partial charge in [0.05, 0.1) is 33.7 Å². The van der Waals surface area contributed by atoms with Gasteiger partial charge in [0.2, 0.25) is 0 Å². The number of aromatic amines is 1. The fourth-order valence-corrected chi connectivity index (χ4v) is 2.58. The van der Waals surface area contributed by atoms with E-state index in [1.807, 2.05) is 17.6 Å². The topological polar surface area (TPSA) is 29.9 Å². The predicted molar refractivity (Wildman–Crippen MR) is 73.7 cm³/mol. The number of nitrogens with zero attached hydrogens (tertiary/aromatic N) is 1. The molecular weight excluding hydrogens is 279 g/mol. The number of rotatable bonds is 3. The summed E-state index contributed by atoms with van der Waals surface area (Å²) in [6.45, 7) is 2.62. The summed E-state index contributed by atoms with van der Waals surface area (Å²) in [4.78, 5) is 3.11. The highest BCUT2D eigenvalue weighted by molar-refractivity contribution is 7.71. The molecule has 17 heavy (non-hydrogen) atoms. The number of ether oxygens (including phenoxy) is 1. The van der Waals surface area contributed by atoms with Crippen LogP contribution in [0.2, 0.25) is 10.0 Å². The average Bonchev–Trinajstić information content (AvgIpc) is 2.55. The maximum Gasteiger partial charge on any atom is 0.178 e. The van der Waals surface area contributed by atoms with E-state index in [9.17, 15) is 0 Å². The predicted octanol–water partition coefficient (Wildman–Crippen LogP) is 4.21. The highest BCUT2D eigenvalue weighted by Gasteiger charge is 2.12. The lowest BCUT2D eigenvalue weighted by molar-refractivity contribution is 0.163. The van der Waals surface area contributed by atoms with Crippen molar-refractivity contribution in [2.45, 2.75) is 13.0 Å². The zero-order valence-corrected chi connectivity index (χ0v) is 11.8. The zero-order chi connectivity index (χ0) is 12.6. The van der Waals surface area contributed by atoms with Gasteiger partial charge in [-0.1, -0.05) is 23.2 Å². The van der Waals surface area contributed by atoms with E-state index in [-0.39, 0.29) is 6.04 Å². The van der Waals surface area contributed by atoms with Gasteiger partial charge in [0.1, 0.15) is 0 Å². The van der Waals surface area contributed by atoms with E-state index < -0.39 is 0 Å². The summed E-state index contributed by atoms with van der Waals surface area (Å²) < 4.78 is 7.77. The Morgan fingerprint density at radius 2 is 2.06 bits per heavy atom. The largest absolute Gasteiger partial charge is 0.383 e. The van der Waals surface area contributed by atoms with E-state index in [0.29, 0.717) is 21.4 Å². The van der Waals surface area contributed by atoms with Crippen LogP contribution in [0.15, 0.2) is 12.1 Å². The fraction of sp³-hybridized carbons (Fsp3) is 0.364. The normalized spacial score (nSPS) is 13.2. The van der Waals surface area contributed by atoms with Crippen molar-refractivity contribution < 1.29 is 4.74 Å². The third-order valence-corrected chi connectivity index (χ3v) is 3.63. The van der Waals surface area contributed by atoms with Crippen molar-refractivity contribution in [1.29, 1.82) is 0 Å². The first-order chi connectivity index (χ1) is 8.04. The fourth-order valence-electron chi connectivity index (χ4n) is 1.87. The molecule has 1 heterocycles. The van der Waals surface area contributed by atoms with Crippen LogP contribution in [0.4, 0.5) is 0 Å². The molecule has 1 aromatic heterocycles. The molecule has 0 saturated heterocycles. The van der Waals surface area contributed by atoms with Crippen molar-refractivity contribution >= 4 is 46.5 Å². The number of halogens is 2. The summed E-state index contributed by atoms with van der Waals surface area (Å²) in [5.41, 5.74) is 1.82. The molecule has 0 aliphatic heterocycles. The molecule has 0 aliphatic carbocycles. The third-order valence-electron chi connectivity index (χ3n) is 2.61. The first-order valence-corrected chi connectivity index (χ1v) is 6.29. The molecule has 2 rings (SSSR count). The molecule has 92 valence electrons. The summed E-state index contributed by atoms with van der Waals surface area (Å²) in [6, 6.07) is 3.74. The van der Waals surface area contributed by atoms with E-state index in [1.165, 1.54) is 0 Å². The molecule has 1 N–H and O–H groups in total. The van der Waals surface area contributed by atoms with Crippen LogP contribution in [0.25, 0.3) is 11.0 Å². The Morgan fingerprint density at radius 3 is 2.71 bits per heavy atom. The van der Waals surface area contributed by atoms with Crippen molar-refractivity contribution in [3.05, 3.63) is 26.9 Å². The second-order valence-corrected chi connectivity index (χ2v) is 5.09. The Bertz CT molecular complexity index is 605. The van der Waals surface area contributed by atoms with E-state index in [2.05, 4.69) is 4.98 Å². The Balaban J connectivity index is 2.66. The summed E-state index contributed by atoms with van der Waals surface area (Å²) in [6.07, 6.45) is 0. The minimum Gasteiger partial charge on any atom is -0.383 e. The molecule has 1 aromatic carbocycles. The average molecular weight is 291 g/mol. The van der Waals surface area contributed by atoms with Gasteiger partial charge in [0.25, 0.3) is 0 Å². The van der Waals surface area contributed by atoms with E-state index in [4.69, 9.17) is 40.2 Å². The van der Waals surface area contributed by atoms with E-state index >= 15 is 0 Å². The van der Waals surface area contributed by atoms with Gasteiger partial charge < -0.3 is 14.3 Å².